The van der Waals surface area contributed by atoms with Gasteiger partial charge in [-0.2, -0.15) is 9.56 Å². The van der Waals surface area contributed by atoms with Gasteiger partial charge in [0.05, 0.1) is 31.4 Å². The Balaban J connectivity index is 1.55. The summed E-state index contributed by atoms with van der Waals surface area (Å²) >= 11 is 6.46. The summed E-state index contributed by atoms with van der Waals surface area (Å²) < 4.78 is 7.05. The van der Waals surface area contributed by atoms with Crippen LogP contribution in [0, 0.1) is 11.3 Å². The number of nitrogens with zero attached hydrogens (tertiary/aromatic N) is 4. The van der Waals surface area contributed by atoms with E-state index in [1.165, 1.54) is 9.48 Å². The predicted molar refractivity (Wildman–Crippen MR) is 126 cm³/mol. The van der Waals surface area contributed by atoms with Crippen LogP contribution in [-0.2, 0) is 9.53 Å². The largest absolute Gasteiger partial charge is 0.448 e. The third-order valence-corrected chi connectivity index (χ3v) is 7.87. The van der Waals surface area contributed by atoms with Gasteiger partial charge in [0.1, 0.15) is 5.78 Å². The predicted octanol–water partition coefficient (Wildman–Crippen LogP) is 3.55. The number of amides is 2. The first-order valence-corrected chi connectivity index (χ1v) is 12.3. The second-order valence-electron chi connectivity index (χ2n) is 9.80. The molecule has 10 heteroatoms. The molecule has 1 unspecified atom stereocenters. The molecule has 0 aromatic carbocycles. The SMILES string of the molecule is C[C@H]1CC(/C=[N+]2\C(=O)N(C)c3c(Cl)nc(C(=O)C4=C(N)[C@]5(CCCCC5=O)CCC4)nc32)CO1. The van der Waals surface area contributed by atoms with Gasteiger partial charge in [-0.1, -0.05) is 23.0 Å². The number of urea groups is 1. The molecule has 3 heterocycles. The Morgan fingerprint density at radius 1 is 1.24 bits per heavy atom. The number of ether oxygens (including phenoxy) is 1. The Bertz CT molecular complexity index is 1160. The van der Waals surface area contributed by atoms with Gasteiger partial charge in [-0.15, -0.1) is 0 Å². The topological polar surface area (TPSA) is 118 Å². The number of ketones is 2. The zero-order valence-corrected chi connectivity index (χ0v) is 20.2. The van der Waals surface area contributed by atoms with Gasteiger partial charge in [-0.25, -0.2) is 9.69 Å². The highest BCUT2D eigenvalue weighted by Gasteiger charge is 2.47. The summed E-state index contributed by atoms with van der Waals surface area (Å²) in [6, 6.07) is -0.321. The monoisotopic (exact) mass is 486 g/mol. The van der Waals surface area contributed by atoms with E-state index in [1.54, 1.807) is 13.3 Å². The van der Waals surface area contributed by atoms with Crippen molar-refractivity contribution in [2.45, 2.75) is 64.4 Å². The molecule has 2 N–H and O–H groups in total. The van der Waals surface area contributed by atoms with Crippen LogP contribution in [0.1, 0.15) is 68.9 Å². The van der Waals surface area contributed by atoms with Gasteiger partial charge in [-0.3, -0.25) is 9.59 Å². The molecule has 1 saturated heterocycles. The van der Waals surface area contributed by atoms with Crippen LogP contribution in [0.2, 0.25) is 5.15 Å². The van der Waals surface area contributed by atoms with E-state index in [0.29, 0.717) is 55.7 Å². The van der Waals surface area contributed by atoms with Crippen molar-refractivity contribution in [3.05, 3.63) is 22.2 Å². The zero-order valence-electron chi connectivity index (χ0n) is 19.5. The highest BCUT2D eigenvalue weighted by atomic mass is 35.5. The Hall–Kier alpha value is -2.65. The molecule has 1 spiro atoms. The highest BCUT2D eigenvalue weighted by molar-refractivity contribution is 6.33. The van der Waals surface area contributed by atoms with E-state index in [1.807, 2.05) is 6.92 Å². The van der Waals surface area contributed by atoms with E-state index in [2.05, 4.69) is 9.97 Å². The zero-order chi connectivity index (χ0) is 24.2. The molecule has 2 aliphatic heterocycles. The summed E-state index contributed by atoms with van der Waals surface area (Å²) in [5.41, 5.74) is 6.88. The maximum atomic E-state index is 13.6. The van der Waals surface area contributed by atoms with Crippen molar-refractivity contribution < 1.29 is 23.7 Å². The number of nitrogens with two attached hydrogens (primary N) is 1. The van der Waals surface area contributed by atoms with Crippen molar-refractivity contribution in [1.82, 2.24) is 9.97 Å². The first kappa shape index (κ1) is 23.1. The Labute approximate surface area is 203 Å². The molecular formula is C24H29ClN5O4+. The lowest BCUT2D eigenvalue weighted by Gasteiger charge is -2.40. The van der Waals surface area contributed by atoms with Gasteiger partial charge in [0.2, 0.25) is 11.5 Å². The lowest BCUT2D eigenvalue weighted by molar-refractivity contribution is -0.324. The summed E-state index contributed by atoms with van der Waals surface area (Å²) in [6.07, 6.45) is 7.45. The number of hydrogen-bond donors (Lipinski definition) is 1. The van der Waals surface area contributed by atoms with Crippen LogP contribution >= 0.6 is 11.6 Å². The average molecular weight is 487 g/mol. The molecular weight excluding hydrogens is 458 g/mol. The Morgan fingerprint density at radius 3 is 2.71 bits per heavy atom. The smallest absolute Gasteiger partial charge is 0.401 e. The van der Waals surface area contributed by atoms with E-state index >= 15 is 0 Å². The fourth-order valence-corrected chi connectivity index (χ4v) is 6.05. The number of anilines is 1. The first-order valence-electron chi connectivity index (χ1n) is 11.9. The fraction of sp³-hybridized carbons (Fsp3) is 0.583. The van der Waals surface area contributed by atoms with E-state index in [4.69, 9.17) is 22.1 Å². The van der Waals surface area contributed by atoms with Gasteiger partial charge in [0, 0.05) is 23.6 Å². The van der Waals surface area contributed by atoms with Gasteiger partial charge in [0.25, 0.3) is 5.82 Å². The molecule has 1 saturated carbocycles. The Morgan fingerprint density at radius 2 is 2.00 bits per heavy atom. The molecule has 3 atom stereocenters. The van der Waals surface area contributed by atoms with E-state index in [-0.39, 0.29) is 40.6 Å². The molecule has 2 aliphatic carbocycles. The summed E-state index contributed by atoms with van der Waals surface area (Å²) in [5, 5.41) is 0.0228. The van der Waals surface area contributed by atoms with Gasteiger partial charge in [0.15, 0.2) is 5.15 Å². The summed E-state index contributed by atoms with van der Waals surface area (Å²) in [4.78, 5) is 49.5. The number of aromatic nitrogens is 2. The van der Waals surface area contributed by atoms with Crippen LogP contribution in [0.15, 0.2) is 11.3 Å². The van der Waals surface area contributed by atoms with Crippen LogP contribution in [-0.4, -0.2) is 58.1 Å². The number of fused-ring (bicyclic) bond motifs is 1. The third-order valence-electron chi connectivity index (χ3n) is 7.61. The summed E-state index contributed by atoms with van der Waals surface area (Å²) in [5.74, 6) is -0.108. The number of halogens is 1. The molecule has 4 aliphatic rings. The minimum absolute atomic E-state index is 0.0228. The van der Waals surface area contributed by atoms with E-state index < -0.39 is 11.2 Å². The molecule has 0 radical (unpaired) electrons. The number of carbonyl (C=O) groups excluding carboxylic acids is 3. The molecule has 5 rings (SSSR count). The maximum Gasteiger partial charge on any atom is 0.448 e. The number of rotatable bonds is 3. The van der Waals surface area contributed by atoms with Crippen molar-refractivity contribution in [2.24, 2.45) is 17.1 Å². The highest BCUT2D eigenvalue weighted by Crippen LogP contribution is 2.47. The minimum Gasteiger partial charge on any atom is -0.401 e. The maximum absolute atomic E-state index is 13.6. The average Bonchev–Trinajstić information content (AvgIpc) is 3.33. The molecule has 1 aromatic rings. The van der Waals surface area contributed by atoms with Crippen molar-refractivity contribution in [3.63, 3.8) is 0 Å². The fourth-order valence-electron chi connectivity index (χ4n) is 5.76. The van der Waals surface area contributed by atoms with Crippen LogP contribution in [0.3, 0.4) is 0 Å². The normalized spacial score (nSPS) is 30.6. The second kappa shape index (κ2) is 8.53. The van der Waals surface area contributed by atoms with Crippen LogP contribution < -0.4 is 10.6 Å². The second-order valence-corrected chi connectivity index (χ2v) is 10.2. The number of carbonyl (C=O) groups is 3. The standard InChI is InChI=1S/C24H28ClN5O4/c1-13-10-14(12-34-13)11-30-22-17(29(2)23(30)33)20(25)27-21(28-22)18(32)15-6-5-9-24(19(15)26)8-4-3-7-16(24)31/h11,13-14H,3-10,12H2,1-2H3,(H-,26,32)/p+1/b30-11-/t13-,14?,24+/m0/s1. The molecule has 2 amide bonds. The first-order chi connectivity index (χ1) is 16.2. The molecule has 1 aromatic heterocycles. The van der Waals surface area contributed by atoms with E-state index in [0.717, 1.165) is 19.3 Å². The van der Waals surface area contributed by atoms with Crippen molar-refractivity contribution in [3.8, 4) is 0 Å². The molecule has 9 nitrogen and oxygen atoms in total. The summed E-state index contributed by atoms with van der Waals surface area (Å²) in [7, 11) is 1.60. The quantitative estimate of drug-likeness (QED) is 0.394. The van der Waals surface area contributed by atoms with Crippen LogP contribution in [0.5, 0.6) is 0 Å². The van der Waals surface area contributed by atoms with Gasteiger partial charge in [-0.05, 0) is 45.4 Å². The number of hydrogen-bond acceptors (Lipinski definition) is 7. The number of allylic oxidation sites excluding steroid dienone is 2. The van der Waals surface area contributed by atoms with Crippen molar-refractivity contribution in [1.29, 1.82) is 0 Å². The van der Waals surface area contributed by atoms with Gasteiger partial charge >= 0.3 is 11.8 Å². The van der Waals surface area contributed by atoms with Crippen LogP contribution in [0.4, 0.5) is 16.3 Å². The molecule has 2 fully saturated rings. The lowest BCUT2D eigenvalue weighted by Crippen LogP contribution is -2.42. The minimum atomic E-state index is -0.753. The molecule has 180 valence electrons. The van der Waals surface area contributed by atoms with Gasteiger partial charge < -0.3 is 10.5 Å². The van der Waals surface area contributed by atoms with E-state index in [9.17, 15) is 14.4 Å². The Kier molecular flexibility index (Phi) is 5.80. The van der Waals surface area contributed by atoms with Crippen molar-refractivity contribution in [2.75, 3.05) is 18.6 Å². The number of Topliss-reactive ketones (excluding diaryl/α,β-unsaturated/α-hetero) is 2. The van der Waals surface area contributed by atoms with Crippen molar-refractivity contribution >= 4 is 46.9 Å². The lowest BCUT2D eigenvalue weighted by atomic mass is 9.64. The third kappa shape index (κ3) is 3.56. The summed E-state index contributed by atoms with van der Waals surface area (Å²) in [6.45, 7) is 2.50. The molecule has 0 bridgehead atoms. The molecule has 34 heavy (non-hydrogen) atoms. The van der Waals surface area contributed by atoms with Crippen LogP contribution in [0.25, 0.3) is 0 Å².